The van der Waals surface area contributed by atoms with Crippen LogP contribution in [0.2, 0.25) is 0 Å². The molecule has 3 atom stereocenters. The Hall–Kier alpha value is -0.570. The summed E-state index contributed by atoms with van der Waals surface area (Å²) in [5.41, 5.74) is -0.509. The minimum absolute atomic E-state index is 0.509. The fourth-order valence-corrected chi connectivity index (χ4v) is 3.96. The summed E-state index contributed by atoms with van der Waals surface area (Å²) >= 11 is 0. The molecule has 0 amide bonds. The van der Waals surface area contributed by atoms with E-state index >= 15 is 0 Å². The Morgan fingerprint density at radius 1 is 1.42 bits per heavy atom. The molecule has 1 saturated heterocycles. The highest BCUT2D eigenvalue weighted by atomic mass is 16.4. The van der Waals surface area contributed by atoms with Crippen LogP contribution in [-0.4, -0.2) is 35.1 Å². The zero-order valence-electron chi connectivity index (χ0n) is 12.7. The molecule has 1 aliphatic heterocycles. The molecule has 0 aromatic heterocycles. The van der Waals surface area contributed by atoms with Crippen molar-refractivity contribution in [2.45, 2.75) is 65.3 Å². The first kappa shape index (κ1) is 14.8. The third-order valence-corrected chi connectivity index (χ3v) is 5.10. The molecule has 2 rings (SSSR count). The van der Waals surface area contributed by atoms with Crippen molar-refractivity contribution in [1.82, 2.24) is 4.90 Å². The number of rotatable bonds is 4. The quantitative estimate of drug-likeness (QED) is 0.849. The van der Waals surface area contributed by atoms with Crippen molar-refractivity contribution >= 4 is 5.97 Å². The lowest BCUT2D eigenvalue weighted by Crippen LogP contribution is -2.40. The van der Waals surface area contributed by atoms with Crippen LogP contribution in [0.3, 0.4) is 0 Å². The molecule has 1 saturated carbocycles. The normalized spacial score (nSPS) is 36.8. The molecule has 3 heteroatoms. The molecule has 1 N–H and O–H groups in total. The van der Waals surface area contributed by atoms with Crippen molar-refractivity contribution in [3.05, 3.63) is 0 Å². The Morgan fingerprint density at radius 2 is 2.16 bits per heavy atom. The van der Waals surface area contributed by atoms with Crippen LogP contribution >= 0.6 is 0 Å². The second kappa shape index (κ2) is 5.82. The van der Waals surface area contributed by atoms with Gasteiger partial charge in [0.25, 0.3) is 0 Å². The lowest BCUT2D eigenvalue weighted by molar-refractivity contribution is -0.147. The Morgan fingerprint density at radius 3 is 2.74 bits per heavy atom. The van der Waals surface area contributed by atoms with Gasteiger partial charge in [0.05, 0.1) is 5.41 Å². The van der Waals surface area contributed by atoms with Crippen molar-refractivity contribution in [3.8, 4) is 0 Å². The zero-order valence-corrected chi connectivity index (χ0v) is 12.7. The second-order valence-corrected chi connectivity index (χ2v) is 7.40. The van der Waals surface area contributed by atoms with Crippen LogP contribution in [0.15, 0.2) is 0 Å². The van der Waals surface area contributed by atoms with Crippen LogP contribution < -0.4 is 0 Å². The van der Waals surface area contributed by atoms with E-state index in [4.69, 9.17) is 0 Å². The summed E-state index contributed by atoms with van der Waals surface area (Å²) < 4.78 is 0. The van der Waals surface area contributed by atoms with Crippen LogP contribution in [-0.2, 0) is 4.79 Å². The molecule has 0 bridgehead atoms. The third-order valence-electron chi connectivity index (χ3n) is 5.10. The van der Waals surface area contributed by atoms with Crippen LogP contribution in [0.5, 0.6) is 0 Å². The highest BCUT2D eigenvalue weighted by Crippen LogP contribution is 2.37. The van der Waals surface area contributed by atoms with Crippen LogP contribution in [0.1, 0.15) is 59.3 Å². The lowest BCUT2D eigenvalue weighted by atomic mass is 9.80. The first-order valence-electron chi connectivity index (χ1n) is 7.88. The van der Waals surface area contributed by atoms with E-state index in [0.717, 1.165) is 31.3 Å². The lowest BCUT2D eigenvalue weighted by Gasteiger charge is -2.36. The summed E-state index contributed by atoms with van der Waals surface area (Å²) in [6.07, 6.45) is 7.40. The average Bonchev–Trinajstić information content (AvgIpc) is 2.73. The van der Waals surface area contributed by atoms with Gasteiger partial charge in [0.2, 0.25) is 0 Å². The second-order valence-electron chi connectivity index (χ2n) is 7.40. The monoisotopic (exact) mass is 267 g/mol. The number of carbonyl (C=O) groups is 1. The summed E-state index contributed by atoms with van der Waals surface area (Å²) in [6.45, 7) is 8.24. The van der Waals surface area contributed by atoms with E-state index < -0.39 is 11.4 Å². The number of aliphatic carboxylic acids is 1. The average molecular weight is 267 g/mol. The van der Waals surface area contributed by atoms with E-state index in [1.54, 1.807) is 0 Å². The molecular weight excluding hydrogens is 238 g/mol. The predicted molar refractivity (Wildman–Crippen MR) is 77.1 cm³/mol. The van der Waals surface area contributed by atoms with Gasteiger partial charge in [-0.2, -0.15) is 0 Å². The molecule has 1 heterocycles. The molecule has 0 radical (unpaired) electrons. The van der Waals surface area contributed by atoms with E-state index in [1.165, 1.54) is 32.1 Å². The van der Waals surface area contributed by atoms with Gasteiger partial charge in [-0.3, -0.25) is 9.69 Å². The zero-order chi connectivity index (χ0) is 14.0. The summed E-state index contributed by atoms with van der Waals surface area (Å²) in [4.78, 5) is 13.8. The molecule has 19 heavy (non-hydrogen) atoms. The fourth-order valence-electron chi connectivity index (χ4n) is 3.96. The highest BCUT2D eigenvalue weighted by molar-refractivity contribution is 5.74. The molecule has 3 nitrogen and oxygen atoms in total. The van der Waals surface area contributed by atoms with Crippen molar-refractivity contribution in [3.63, 3.8) is 0 Å². The number of hydrogen-bond acceptors (Lipinski definition) is 2. The third kappa shape index (κ3) is 3.50. The molecule has 3 unspecified atom stereocenters. The standard InChI is InChI=1S/C16H29NO2/c1-12(2)9-13-5-4-6-14(10-13)17-8-7-16(3,11-17)15(18)19/h12-14H,4-11H2,1-3H3,(H,18,19). The van der Waals surface area contributed by atoms with Crippen molar-refractivity contribution < 1.29 is 9.90 Å². The van der Waals surface area contributed by atoms with Crippen molar-refractivity contribution in [2.24, 2.45) is 17.3 Å². The summed E-state index contributed by atoms with van der Waals surface area (Å²) in [5.74, 6) is 1.02. The molecular formula is C16H29NO2. The van der Waals surface area contributed by atoms with Crippen LogP contribution in [0.4, 0.5) is 0 Å². The van der Waals surface area contributed by atoms with Crippen LogP contribution in [0, 0.1) is 17.3 Å². The Labute approximate surface area is 117 Å². The van der Waals surface area contributed by atoms with Gasteiger partial charge in [0.15, 0.2) is 0 Å². The number of nitrogens with zero attached hydrogens (tertiary/aromatic N) is 1. The maximum Gasteiger partial charge on any atom is 0.310 e. The van der Waals surface area contributed by atoms with E-state index in [9.17, 15) is 9.90 Å². The predicted octanol–water partition coefficient (Wildman–Crippen LogP) is 3.39. The Balaban J connectivity index is 1.90. The Bertz CT molecular complexity index is 329. The molecule has 1 aliphatic carbocycles. The maximum absolute atomic E-state index is 11.3. The minimum Gasteiger partial charge on any atom is -0.481 e. The SMILES string of the molecule is CC(C)CC1CCCC(N2CCC(C)(C(=O)O)C2)C1. The van der Waals surface area contributed by atoms with Gasteiger partial charge in [0.1, 0.15) is 0 Å². The van der Waals surface area contributed by atoms with Crippen molar-refractivity contribution in [1.29, 1.82) is 0 Å². The van der Waals surface area contributed by atoms with E-state index in [-0.39, 0.29) is 0 Å². The van der Waals surface area contributed by atoms with E-state index in [2.05, 4.69) is 18.7 Å². The topological polar surface area (TPSA) is 40.5 Å². The number of carboxylic acids is 1. The van der Waals surface area contributed by atoms with Gasteiger partial charge in [-0.15, -0.1) is 0 Å². The minimum atomic E-state index is -0.621. The molecule has 0 aromatic carbocycles. The number of carboxylic acid groups (broad SMARTS) is 1. The van der Waals surface area contributed by atoms with Crippen molar-refractivity contribution in [2.75, 3.05) is 13.1 Å². The fraction of sp³-hybridized carbons (Fsp3) is 0.938. The maximum atomic E-state index is 11.3. The Kier molecular flexibility index (Phi) is 4.54. The van der Waals surface area contributed by atoms with Gasteiger partial charge in [-0.05, 0) is 51.0 Å². The van der Waals surface area contributed by atoms with Gasteiger partial charge >= 0.3 is 5.97 Å². The molecule has 110 valence electrons. The first-order valence-corrected chi connectivity index (χ1v) is 7.88. The van der Waals surface area contributed by atoms with E-state index in [1.807, 2.05) is 6.92 Å². The largest absolute Gasteiger partial charge is 0.481 e. The number of hydrogen-bond donors (Lipinski definition) is 1. The molecule has 2 fully saturated rings. The summed E-state index contributed by atoms with van der Waals surface area (Å²) in [7, 11) is 0. The van der Waals surface area contributed by atoms with E-state index in [0.29, 0.717) is 6.04 Å². The molecule has 0 aromatic rings. The molecule has 2 aliphatic rings. The summed E-state index contributed by atoms with van der Waals surface area (Å²) in [5, 5.41) is 9.33. The van der Waals surface area contributed by atoms with Crippen LogP contribution in [0.25, 0.3) is 0 Å². The first-order chi connectivity index (χ1) is 8.90. The molecule has 0 spiro atoms. The summed E-state index contributed by atoms with van der Waals surface area (Å²) in [6, 6.07) is 0.638. The highest BCUT2D eigenvalue weighted by Gasteiger charge is 2.43. The smallest absolute Gasteiger partial charge is 0.310 e. The number of likely N-dealkylation sites (tertiary alicyclic amines) is 1. The van der Waals surface area contributed by atoms with Gasteiger partial charge in [0, 0.05) is 12.6 Å². The van der Waals surface area contributed by atoms with Gasteiger partial charge < -0.3 is 5.11 Å². The van der Waals surface area contributed by atoms with Gasteiger partial charge in [-0.1, -0.05) is 26.7 Å². The van der Waals surface area contributed by atoms with Gasteiger partial charge in [-0.25, -0.2) is 0 Å².